The van der Waals surface area contributed by atoms with Gasteiger partial charge in [0.2, 0.25) is 0 Å². The number of esters is 1. The van der Waals surface area contributed by atoms with Crippen LogP contribution in [0.4, 0.5) is 0 Å². The minimum Gasteiger partial charge on any atom is -0.494 e. The lowest BCUT2D eigenvalue weighted by Crippen LogP contribution is -2.34. The highest BCUT2D eigenvalue weighted by Gasteiger charge is 2.17. The normalized spacial score (nSPS) is 12.0. The molecule has 1 heterocycles. The van der Waals surface area contributed by atoms with E-state index in [9.17, 15) is 19.6 Å². The molecule has 8 heteroatoms. The summed E-state index contributed by atoms with van der Waals surface area (Å²) in [6.07, 6.45) is 3.02. The first-order valence-electron chi connectivity index (χ1n) is 11.3. The molecular weight excluding hydrogens is 448 g/mol. The third-order valence-corrected chi connectivity index (χ3v) is 5.16. The molecule has 1 atom stereocenters. The third-order valence-electron chi connectivity index (χ3n) is 5.16. The number of amides is 1. The minimum atomic E-state index is -0.856. The van der Waals surface area contributed by atoms with E-state index < -0.39 is 17.5 Å². The third kappa shape index (κ3) is 6.58. The summed E-state index contributed by atoms with van der Waals surface area (Å²) in [5.74, 6) is -0.584. The number of carbonyl (C=O) groups is 2. The first kappa shape index (κ1) is 25.2. The number of hydrogen-bond donors (Lipinski definition) is 1. The monoisotopic (exact) mass is 474 g/mol. The van der Waals surface area contributed by atoms with Gasteiger partial charge in [0.05, 0.1) is 6.61 Å². The molecule has 180 valence electrons. The van der Waals surface area contributed by atoms with Gasteiger partial charge in [-0.3, -0.25) is 4.79 Å². The van der Waals surface area contributed by atoms with Crippen molar-refractivity contribution >= 4 is 28.9 Å². The van der Waals surface area contributed by atoms with Crippen LogP contribution < -0.4 is 20.4 Å². The number of rotatable bonds is 9. The highest BCUT2D eigenvalue weighted by molar-refractivity contribution is 6.00. The first-order valence-corrected chi connectivity index (χ1v) is 11.3. The van der Waals surface area contributed by atoms with Crippen molar-refractivity contribution in [2.45, 2.75) is 39.7 Å². The minimum absolute atomic E-state index is 0.0888. The van der Waals surface area contributed by atoms with Crippen LogP contribution >= 0.6 is 0 Å². The Kier molecular flexibility index (Phi) is 8.41. The van der Waals surface area contributed by atoms with Gasteiger partial charge in [-0.2, -0.15) is 5.26 Å². The second-order valence-electron chi connectivity index (χ2n) is 7.91. The summed E-state index contributed by atoms with van der Waals surface area (Å²) in [6.45, 7) is 6.37. The second-order valence-corrected chi connectivity index (χ2v) is 7.91. The van der Waals surface area contributed by atoms with Crippen molar-refractivity contribution in [1.82, 2.24) is 5.32 Å². The van der Waals surface area contributed by atoms with Crippen LogP contribution in [0.1, 0.15) is 49.5 Å². The molecule has 0 saturated heterocycles. The molecule has 0 bridgehead atoms. The van der Waals surface area contributed by atoms with Crippen LogP contribution in [0, 0.1) is 11.3 Å². The largest absolute Gasteiger partial charge is 0.494 e. The zero-order chi connectivity index (χ0) is 25.4. The Bertz CT molecular complexity index is 1350. The molecule has 3 rings (SSSR count). The molecule has 8 nitrogen and oxygen atoms in total. The van der Waals surface area contributed by atoms with Crippen molar-refractivity contribution in [2.24, 2.45) is 0 Å². The summed E-state index contributed by atoms with van der Waals surface area (Å²) in [4.78, 5) is 37.2. The molecule has 0 aliphatic heterocycles. The van der Waals surface area contributed by atoms with E-state index in [1.807, 2.05) is 26.8 Å². The maximum Gasteiger partial charge on any atom is 0.354 e. The summed E-state index contributed by atoms with van der Waals surface area (Å²) in [6, 6.07) is 14.6. The van der Waals surface area contributed by atoms with Gasteiger partial charge in [-0.1, -0.05) is 26.0 Å². The molecule has 1 unspecified atom stereocenters. The highest BCUT2D eigenvalue weighted by Crippen LogP contribution is 2.22. The Labute approximate surface area is 202 Å². The van der Waals surface area contributed by atoms with Gasteiger partial charge in [0.15, 0.2) is 0 Å². The van der Waals surface area contributed by atoms with E-state index in [1.54, 1.807) is 30.3 Å². The standard InChI is InChI=1S/C27H26N2O6/c1-4-12-33-21-9-6-18(7-10-21)13-20(16-28)26(31)34-22-11-8-19-14-23(25(30)29-17(3)5-2)27(32)35-24(19)15-22/h6-11,13-15,17H,4-5,12H2,1-3H3,(H,29,30)/b20-13+. The van der Waals surface area contributed by atoms with Crippen LogP contribution in [0.3, 0.4) is 0 Å². The van der Waals surface area contributed by atoms with Gasteiger partial charge in [-0.05, 0) is 61.7 Å². The molecule has 1 amide bonds. The highest BCUT2D eigenvalue weighted by atomic mass is 16.5. The SMILES string of the molecule is CCCOc1ccc(/C=C(\C#N)C(=O)Oc2ccc3cc(C(=O)NC(C)CC)c(=O)oc3c2)cc1. The van der Waals surface area contributed by atoms with Crippen molar-refractivity contribution in [3.05, 3.63) is 75.7 Å². The van der Waals surface area contributed by atoms with Crippen LogP contribution in [0.5, 0.6) is 11.5 Å². The lowest BCUT2D eigenvalue weighted by molar-refractivity contribution is -0.129. The van der Waals surface area contributed by atoms with Crippen molar-refractivity contribution in [1.29, 1.82) is 5.26 Å². The van der Waals surface area contributed by atoms with E-state index in [1.165, 1.54) is 24.3 Å². The molecule has 3 aromatic rings. The van der Waals surface area contributed by atoms with Crippen molar-refractivity contribution in [2.75, 3.05) is 6.61 Å². The van der Waals surface area contributed by atoms with E-state index >= 15 is 0 Å². The van der Waals surface area contributed by atoms with Crippen LogP contribution in [0.25, 0.3) is 17.0 Å². The van der Waals surface area contributed by atoms with Crippen LogP contribution in [0.15, 0.2) is 63.3 Å². The summed E-state index contributed by atoms with van der Waals surface area (Å²) in [5, 5.41) is 12.6. The maximum absolute atomic E-state index is 12.6. The molecule has 0 saturated carbocycles. The first-order chi connectivity index (χ1) is 16.8. The van der Waals surface area contributed by atoms with Gasteiger partial charge in [0.1, 0.15) is 34.3 Å². The van der Waals surface area contributed by atoms with Crippen LogP contribution in [-0.4, -0.2) is 24.5 Å². The van der Waals surface area contributed by atoms with E-state index in [2.05, 4.69) is 5.32 Å². The Morgan fingerprint density at radius 3 is 2.49 bits per heavy atom. The summed E-state index contributed by atoms with van der Waals surface area (Å²) in [7, 11) is 0. The fourth-order valence-electron chi connectivity index (χ4n) is 3.06. The predicted molar refractivity (Wildman–Crippen MR) is 131 cm³/mol. The molecule has 1 aromatic heterocycles. The van der Waals surface area contributed by atoms with Crippen LogP contribution in [-0.2, 0) is 4.79 Å². The lowest BCUT2D eigenvalue weighted by Gasteiger charge is -2.11. The summed E-state index contributed by atoms with van der Waals surface area (Å²) >= 11 is 0. The van der Waals surface area contributed by atoms with Gasteiger partial charge in [-0.15, -0.1) is 0 Å². The fraction of sp³-hybridized carbons (Fsp3) is 0.259. The Morgan fingerprint density at radius 1 is 1.11 bits per heavy atom. The average Bonchev–Trinajstić information content (AvgIpc) is 2.85. The van der Waals surface area contributed by atoms with Gasteiger partial charge >= 0.3 is 11.6 Å². The van der Waals surface area contributed by atoms with Gasteiger partial charge in [0.25, 0.3) is 5.91 Å². The van der Waals surface area contributed by atoms with Gasteiger partial charge in [0, 0.05) is 17.5 Å². The van der Waals surface area contributed by atoms with Crippen molar-refractivity contribution in [3.8, 4) is 17.6 Å². The maximum atomic E-state index is 12.6. The Balaban J connectivity index is 1.77. The zero-order valence-corrected chi connectivity index (χ0v) is 19.8. The summed E-state index contributed by atoms with van der Waals surface area (Å²) < 4.78 is 16.1. The fourth-order valence-corrected chi connectivity index (χ4v) is 3.06. The van der Waals surface area contributed by atoms with Crippen molar-refractivity contribution < 1.29 is 23.5 Å². The molecule has 0 radical (unpaired) electrons. The number of nitrogens with zero attached hydrogens (tertiary/aromatic N) is 1. The van der Waals surface area contributed by atoms with Crippen LogP contribution in [0.2, 0.25) is 0 Å². The van der Waals surface area contributed by atoms with E-state index in [0.29, 0.717) is 23.3 Å². The number of carbonyl (C=O) groups excluding carboxylic acids is 2. The molecular formula is C27H26N2O6. The Hall–Kier alpha value is -4.38. The molecule has 0 fully saturated rings. The van der Waals surface area contributed by atoms with Gasteiger partial charge in [-0.25, -0.2) is 9.59 Å². The number of ether oxygens (including phenoxy) is 2. The molecule has 0 spiro atoms. The van der Waals surface area contributed by atoms with Gasteiger partial charge < -0.3 is 19.2 Å². The van der Waals surface area contributed by atoms with E-state index in [-0.39, 0.29) is 28.5 Å². The number of nitrogens with one attached hydrogen (secondary N) is 1. The average molecular weight is 475 g/mol. The quantitative estimate of drug-likeness (QED) is 0.158. The molecule has 35 heavy (non-hydrogen) atoms. The zero-order valence-electron chi connectivity index (χ0n) is 19.8. The predicted octanol–water partition coefficient (Wildman–Crippen LogP) is 4.62. The number of benzene rings is 2. The van der Waals surface area contributed by atoms with E-state index in [4.69, 9.17) is 13.9 Å². The Morgan fingerprint density at radius 2 is 1.83 bits per heavy atom. The molecule has 0 aliphatic carbocycles. The lowest BCUT2D eigenvalue weighted by atomic mass is 10.1. The number of hydrogen-bond acceptors (Lipinski definition) is 7. The van der Waals surface area contributed by atoms with Crippen molar-refractivity contribution in [3.63, 3.8) is 0 Å². The van der Waals surface area contributed by atoms with E-state index in [0.717, 1.165) is 12.8 Å². The summed E-state index contributed by atoms with van der Waals surface area (Å²) in [5.41, 5.74) is -0.333. The second kappa shape index (κ2) is 11.7. The topological polar surface area (TPSA) is 119 Å². The molecule has 2 aromatic carbocycles. The molecule has 0 aliphatic rings. The smallest absolute Gasteiger partial charge is 0.354 e. The molecule has 1 N–H and O–H groups in total. The number of nitriles is 1. The number of fused-ring (bicyclic) bond motifs is 1.